The third-order valence-electron chi connectivity index (χ3n) is 3.67. The summed E-state index contributed by atoms with van der Waals surface area (Å²) in [5.41, 5.74) is 1.29. The predicted octanol–water partition coefficient (Wildman–Crippen LogP) is 4.11. The van der Waals surface area contributed by atoms with Crippen LogP contribution in [0.15, 0.2) is 34.5 Å². The smallest absolute Gasteiger partial charge is 0.311 e. The fourth-order valence-corrected chi connectivity index (χ4v) is 3.82. The van der Waals surface area contributed by atoms with Crippen LogP contribution in [0.25, 0.3) is 0 Å². The molecular formula is C20H25N3O4S2. The second-order valence-corrected chi connectivity index (χ2v) is 8.05. The highest BCUT2D eigenvalue weighted by Crippen LogP contribution is 2.23. The van der Waals surface area contributed by atoms with E-state index < -0.39 is 0 Å². The molecule has 0 saturated heterocycles. The zero-order chi connectivity index (χ0) is 21.1. The standard InChI is InChI=1S/C20H25N3O4S2/c1-3-5-9-17(24)21-14-7-6-8-16(10-14)28-13-18(25)23-20-22-15(12-29-20)11-19(26)27-4-2/h6-8,10,12H,3-5,9,11,13H2,1-2H3,(H,21,24)(H,22,23,25). The molecule has 0 fully saturated rings. The van der Waals surface area contributed by atoms with Crippen LogP contribution in [0.3, 0.4) is 0 Å². The van der Waals surface area contributed by atoms with Gasteiger partial charge >= 0.3 is 5.97 Å². The summed E-state index contributed by atoms with van der Waals surface area (Å²) in [5.74, 6) is -0.327. The molecule has 7 nitrogen and oxygen atoms in total. The van der Waals surface area contributed by atoms with E-state index >= 15 is 0 Å². The Bertz CT molecular complexity index is 839. The number of carbonyl (C=O) groups is 3. The van der Waals surface area contributed by atoms with Gasteiger partial charge in [0.05, 0.1) is 24.5 Å². The third-order valence-corrected chi connectivity index (χ3v) is 5.47. The van der Waals surface area contributed by atoms with E-state index in [9.17, 15) is 14.4 Å². The Kier molecular flexibility index (Phi) is 9.66. The molecule has 0 spiro atoms. The molecule has 2 N–H and O–H groups in total. The molecule has 0 saturated carbocycles. The topological polar surface area (TPSA) is 97.4 Å². The number of thiazole rings is 1. The van der Waals surface area contributed by atoms with Crippen LogP contribution in [0.1, 0.15) is 38.8 Å². The normalized spacial score (nSPS) is 10.4. The molecule has 29 heavy (non-hydrogen) atoms. The van der Waals surface area contributed by atoms with Gasteiger partial charge in [-0.3, -0.25) is 14.4 Å². The molecule has 2 amide bonds. The average Bonchev–Trinajstić information content (AvgIpc) is 3.11. The van der Waals surface area contributed by atoms with Crippen molar-refractivity contribution in [1.82, 2.24) is 4.98 Å². The summed E-state index contributed by atoms with van der Waals surface area (Å²) in [6.07, 6.45) is 2.43. The number of ether oxygens (including phenoxy) is 1. The van der Waals surface area contributed by atoms with Gasteiger partial charge in [0.2, 0.25) is 11.8 Å². The van der Waals surface area contributed by atoms with Gasteiger partial charge < -0.3 is 15.4 Å². The van der Waals surface area contributed by atoms with E-state index in [2.05, 4.69) is 15.6 Å². The van der Waals surface area contributed by atoms with Gasteiger partial charge in [-0.1, -0.05) is 19.4 Å². The van der Waals surface area contributed by atoms with Gasteiger partial charge in [0.25, 0.3) is 0 Å². The van der Waals surface area contributed by atoms with Crippen molar-refractivity contribution in [2.45, 2.75) is 44.4 Å². The van der Waals surface area contributed by atoms with Crippen molar-refractivity contribution in [2.75, 3.05) is 23.0 Å². The largest absolute Gasteiger partial charge is 0.466 e. The number of hydrogen-bond acceptors (Lipinski definition) is 7. The SMILES string of the molecule is CCCCC(=O)Nc1cccc(SCC(=O)Nc2nc(CC(=O)OCC)cs2)c1. The maximum Gasteiger partial charge on any atom is 0.311 e. The van der Waals surface area contributed by atoms with Crippen LogP contribution < -0.4 is 10.6 Å². The van der Waals surface area contributed by atoms with Crippen molar-refractivity contribution in [3.05, 3.63) is 35.3 Å². The molecule has 0 aliphatic heterocycles. The molecule has 0 atom stereocenters. The molecular weight excluding hydrogens is 410 g/mol. The highest BCUT2D eigenvalue weighted by atomic mass is 32.2. The Morgan fingerprint density at radius 3 is 2.76 bits per heavy atom. The van der Waals surface area contributed by atoms with Crippen molar-refractivity contribution in [2.24, 2.45) is 0 Å². The first-order valence-electron chi connectivity index (χ1n) is 9.42. The number of unbranched alkanes of at least 4 members (excludes halogenated alkanes) is 1. The Hall–Kier alpha value is -2.39. The first-order valence-corrected chi connectivity index (χ1v) is 11.3. The van der Waals surface area contributed by atoms with Gasteiger partial charge in [0.15, 0.2) is 5.13 Å². The number of amides is 2. The number of nitrogens with one attached hydrogen (secondary N) is 2. The number of anilines is 2. The van der Waals surface area contributed by atoms with E-state index in [1.807, 2.05) is 31.2 Å². The molecule has 2 aromatic rings. The quantitative estimate of drug-likeness (QED) is 0.407. The van der Waals surface area contributed by atoms with Crippen molar-refractivity contribution in [3.63, 3.8) is 0 Å². The lowest BCUT2D eigenvalue weighted by molar-refractivity contribution is -0.142. The minimum Gasteiger partial charge on any atom is -0.466 e. The molecule has 1 aromatic carbocycles. The zero-order valence-electron chi connectivity index (χ0n) is 16.5. The summed E-state index contributed by atoms with van der Waals surface area (Å²) in [6.45, 7) is 4.12. The molecule has 0 aliphatic rings. The highest BCUT2D eigenvalue weighted by molar-refractivity contribution is 8.00. The van der Waals surface area contributed by atoms with Crippen LogP contribution in [0.2, 0.25) is 0 Å². The maximum absolute atomic E-state index is 12.2. The van der Waals surface area contributed by atoms with E-state index in [1.165, 1.54) is 23.1 Å². The number of nitrogens with zero attached hydrogens (tertiary/aromatic N) is 1. The van der Waals surface area contributed by atoms with Crippen molar-refractivity contribution in [1.29, 1.82) is 0 Å². The zero-order valence-corrected chi connectivity index (χ0v) is 18.2. The maximum atomic E-state index is 12.2. The number of esters is 1. The van der Waals surface area contributed by atoms with Gasteiger partial charge in [0.1, 0.15) is 0 Å². The summed E-state index contributed by atoms with van der Waals surface area (Å²) in [7, 11) is 0. The van der Waals surface area contributed by atoms with Crippen molar-refractivity contribution in [3.8, 4) is 0 Å². The van der Waals surface area contributed by atoms with Crippen LogP contribution >= 0.6 is 23.1 Å². The molecule has 0 bridgehead atoms. The Morgan fingerprint density at radius 1 is 1.17 bits per heavy atom. The first-order chi connectivity index (χ1) is 14.0. The van der Waals surface area contributed by atoms with Crippen LogP contribution in [0.4, 0.5) is 10.8 Å². The fourth-order valence-electron chi connectivity index (χ4n) is 2.33. The predicted molar refractivity (Wildman–Crippen MR) is 116 cm³/mol. The van der Waals surface area contributed by atoms with Crippen LogP contribution in [0, 0.1) is 0 Å². The lowest BCUT2D eigenvalue weighted by atomic mass is 10.2. The molecule has 1 heterocycles. The Balaban J connectivity index is 1.80. The van der Waals surface area contributed by atoms with Gasteiger partial charge in [0, 0.05) is 22.4 Å². The molecule has 0 unspecified atom stereocenters. The van der Waals surface area contributed by atoms with E-state index in [0.717, 1.165) is 23.4 Å². The summed E-state index contributed by atoms with van der Waals surface area (Å²) in [5, 5.41) is 7.78. The molecule has 1 aromatic heterocycles. The molecule has 9 heteroatoms. The van der Waals surface area contributed by atoms with Gasteiger partial charge in [-0.25, -0.2) is 4.98 Å². The highest BCUT2D eigenvalue weighted by Gasteiger charge is 2.11. The monoisotopic (exact) mass is 435 g/mol. The minimum atomic E-state index is -0.340. The first kappa shape index (κ1) is 22.9. The molecule has 0 aliphatic carbocycles. The van der Waals surface area contributed by atoms with Crippen LogP contribution in [-0.4, -0.2) is 35.1 Å². The second kappa shape index (κ2) is 12.2. The molecule has 156 valence electrons. The Labute approximate surface area is 178 Å². The molecule has 2 rings (SSSR count). The summed E-state index contributed by atoms with van der Waals surface area (Å²) >= 11 is 2.64. The van der Waals surface area contributed by atoms with Crippen LogP contribution in [0.5, 0.6) is 0 Å². The summed E-state index contributed by atoms with van der Waals surface area (Å²) < 4.78 is 4.89. The van der Waals surface area contributed by atoms with Gasteiger partial charge in [-0.15, -0.1) is 23.1 Å². The fraction of sp³-hybridized carbons (Fsp3) is 0.400. The lowest BCUT2D eigenvalue weighted by Gasteiger charge is -2.07. The van der Waals surface area contributed by atoms with E-state index in [1.54, 1.807) is 12.3 Å². The van der Waals surface area contributed by atoms with E-state index in [4.69, 9.17) is 4.74 Å². The van der Waals surface area contributed by atoms with Gasteiger partial charge in [-0.05, 0) is 31.5 Å². The summed E-state index contributed by atoms with van der Waals surface area (Å²) in [4.78, 5) is 40.6. The minimum absolute atomic E-state index is 0.00543. The Morgan fingerprint density at radius 2 is 2.00 bits per heavy atom. The van der Waals surface area contributed by atoms with Gasteiger partial charge in [-0.2, -0.15) is 0 Å². The van der Waals surface area contributed by atoms with E-state index in [0.29, 0.717) is 23.9 Å². The molecule has 0 radical (unpaired) electrons. The number of benzene rings is 1. The average molecular weight is 436 g/mol. The second-order valence-electron chi connectivity index (χ2n) is 6.14. The van der Waals surface area contributed by atoms with Crippen molar-refractivity contribution >= 4 is 51.7 Å². The number of thioether (sulfide) groups is 1. The lowest BCUT2D eigenvalue weighted by Crippen LogP contribution is -2.14. The third kappa shape index (κ3) is 8.66. The summed E-state index contributed by atoms with van der Waals surface area (Å²) in [6, 6.07) is 7.41. The number of aromatic nitrogens is 1. The number of carbonyl (C=O) groups excluding carboxylic acids is 3. The van der Waals surface area contributed by atoms with Crippen molar-refractivity contribution < 1.29 is 19.1 Å². The van der Waals surface area contributed by atoms with Crippen LogP contribution in [-0.2, 0) is 25.5 Å². The number of rotatable bonds is 11. The van der Waals surface area contributed by atoms with E-state index in [-0.39, 0.29) is 30.0 Å². The number of hydrogen-bond donors (Lipinski definition) is 2.